The summed E-state index contributed by atoms with van der Waals surface area (Å²) in [5, 5.41) is 11.0. The Balaban J connectivity index is 2.02. The second-order valence-corrected chi connectivity index (χ2v) is 7.53. The Labute approximate surface area is 169 Å². The Hall–Kier alpha value is -2.76. The van der Waals surface area contributed by atoms with Gasteiger partial charge in [-0.25, -0.2) is 4.98 Å². The van der Waals surface area contributed by atoms with E-state index in [1.165, 1.54) is 11.3 Å². The average molecular weight is 415 g/mol. The minimum atomic E-state index is 0.388. The third-order valence-electron chi connectivity index (χ3n) is 3.99. The number of hydrogen-bond donors (Lipinski definition) is 4. The van der Waals surface area contributed by atoms with Gasteiger partial charge in [0.25, 0.3) is 0 Å². The zero-order valence-corrected chi connectivity index (χ0v) is 16.0. The second-order valence-electron chi connectivity index (χ2n) is 5.67. The summed E-state index contributed by atoms with van der Waals surface area (Å²) in [5.74, 6) is 0.388. The third-order valence-corrected chi connectivity index (χ3v) is 5.81. The molecule has 0 bridgehead atoms. The Morgan fingerprint density at radius 3 is 2.67 bits per heavy atom. The molecular weight excluding hydrogens is 403 g/mol. The number of hydrogen-bond acceptors (Lipinski definition) is 7. The lowest BCUT2D eigenvalue weighted by molar-refractivity contribution is 0.621. The van der Waals surface area contributed by atoms with Crippen LogP contribution in [0.5, 0.6) is 0 Å². The zero-order chi connectivity index (χ0) is 19.0. The van der Waals surface area contributed by atoms with Gasteiger partial charge in [0.2, 0.25) is 0 Å². The second kappa shape index (κ2) is 7.10. The lowest BCUT2D eigenvalue weighted by Gasteiger charge is -2.08. The lowest BCUT2D eigenvalue weighted by atomic mass is 9.98. The number of nitrogens with one attached hydrogen (secondary N) is 3. The van der Waals surface area contributed by atoms with Crippen LogP contribution in [0.25, 0.3) is 27.3 Å². The first-order valence-electron chi connectivity index (χ1n) is 7.80. The maximum Gasteiger partial charge on any atom is 0.123 e. The van der Waals surface area contributed by atoms with E-state index in [0.29, 0.717) is 21.4 Å². The number of rotatable bonds is 3. The molecule has 0 spiro atoms. The van der Waals surface area contributed by atoms with Crippen LogP contribution >= 0.6 is 34.5 Å². The topological polar surface area (TPSA) is 98.8 Å². The minimum Gasteiger partial charge on any atom is -0.384 e. The van der Waals surface area contributed by atoms with Crippen LogP contribution in [0.15, 0.2) is 42.7 Å². The number of benzene rings is 1. The van der Waals surface area contributed by atoms with E-state index in [1.807, 2.05) is 12.1 Å². The summed E-state index contributed by atoms with van der Waals surface area (Å²) in [5.41, 5.74) is 18.2. The van der Waals surface area contributed by atoms with E-state index in [9.17, 15) is 5.26 Å². The van der Waals surface area contributed by atoms with Crippen LogP contribution in [0.4, 0.5) is 5.82 Å². The largest absolute Gasteiger partial charge is 0.384 e. The molecule has 1 aliphatic heterocycles. The van der Waals surface area contributed by atoms with Crippen molar-refractivity contribution < 1.29 is 0 Å². The quantitative estimate of drug-likeness (QED) is 0.513. The molecule has 4 rings (SSSR count). The van der Waals surface area contributed by atoms with E-state index >= 15 is 0 Å². The first-order valence-corrected chi connectivity index (χ1v) is 9.37. The van der Waals surface area contributed by atoms with Crippen molar-refractivity contribution in [1.29, 1.82) is 5.26 Å². The highest BCUT2D eigenvalue weighted by Gasteiger charge is 2.25. The number of pyridine rings is 1. The molecule has 9 heteroatoms. The Bertz CT molecular complexity index is 1120. The summed E-state index contributed by atoms with van der Waals surface area (Å²) in [4.78, 5) is 5.68. The van der Waals surface area contributed by atoms with Crippen LogP contribution < -0.4 is 22.1 Å². The smallest absolute Gasteiger partial charge is 0.123 e. The molecule has 134 valence electrons. The van der Waals surface area contributed by atoms with E-state index < -0.39 is 0 Å². The fraction of sp³-hybridized carbons (Fsp3) is 0. The van der Waals surface area contributed by atoms with E-state index in [2.05, 4.69) is 27.4 Å². The SMILES string of the molecule is N#Cc1c(-c2ccnc(N)c2)sc(C2=CNNN2)c1-c1ccc(Cl)cc1Cl. The number of thiophene rings is 1. The van der Waals surface area contributed by atoms with Crippen molar-refractivity contribution in [3.05, 3.63) is 63.2 Å². The normalized spacial score (nSPS) is 12.9. The molecule has 2 aromatic heterocycles. The highest BCUT2D eigenvalue weighted by atomic mass is 35.5. The van der Waals surface area contributed by atoms with Crippen molar-refractivity contribution in [2.24, 2.45) is 0 Å². The minimum absolute atomic E-state index is 0.388. The van der Waals surface area contributed by atoms with Gasteiger partial charge in [-0.15, -0.1) is 11.3 Å². The van der Waals surface area contributed by atoms with Crippen molar-refractivity contribution in [3.8, 4) is 27.6 Å². The van der Waals surface area contributed by atoms with Crippen LogP contribution in [0.1, 0.15) is 10.4 Å². The first-order chi connectivity index (χ1) is 13.1. The predicted octanol–water partition coefficient (Wildman–Crippen LogP) is 4.15. The molecule has 0 amide bonds. The number of nitrogen functional groups attached to an aromatic ring is 1. The summed E-state index contributed by atoms with van der Waals surface area (Å²) in [6.45, 7) is 0. The van der Waals surface area contributed by atoms with Crippen molar-refractivity contribution in [2.45, 2.75) is 0 Å². The molecule has 0 aliphatic carbocycles. The van der Waals surface area contributed by atoms with Gasteiger partial charge in [-0.3, -0.25) is 0 Å². The first kappa shape index (κ1) is 17.6. The molecule has 0 radical (unpaired) electrons. The van der Waals surface area contributed by atoms with Gasteiger partial charge in [0.15, 0.2) is 0 Å². The van der Waals surface area contributed by atoms with Crippen LogP contribution in [0.2, 0.25) is 10.0 Å². The van der Waals surface area contributed by atoms with E-state index in [-0.39, 0.29) is 0 Å². The fourth-order valence-electron chi connectivity index (χ4n) is 2.84. The molecule has 3 heterocycles. The molecule has 0 saturated carbocycles. The van der Waals surface area contributed by atoms with Crippen molar-refractivity contribution in [3.63, 3.8) is 0 Å². The molecule has 0 fully saturated rings. The predicted molar refractivity (Wildman–Crippen MR) is 110 cm³/mol. The summed E-state index contributed by atoms with van der Waals surface area (Å²) < 4.78 is 0. The number of anilines is 1. The lowest BCUT2D eigenvalue weighted by Crippen LogP contribution is -2.31. The van der Waals surface area contributed by atoms with Crippen LogP contribution in [-0.4, -0.2) is 4.98 Å². The average Bonchev–Trinajstić information content (AvgIpc) is 3.29. The Kier molecular flexibility index (Phi) is 4.64. The zero-order valence-electron chi connectivity index (χ0n) is 13.7. The number of aromatic nitrogens is 1. The number of halogens is 2. The molecule has 0 atom stereocenters. The standard InChI is InChI=1S/C18H12Cl2N6S/c19-10-1-2-11(13(20)6-10)16-12(7-21)17(9-3-4-23-15(22)5-9)27-18(16)14-8-24-26-25-14/h1-6,8,24-26H,(H2,22,23). The van der Waals surface area contributed by atoms with E-state index in [0.717, 1.165) is 32.1 Å². The van der Waals surface area contributed by atoms with Crippen molar-refractivity contribution in [1.82, 2.24) is 21.4 Å². The van der Waals surface area contributed by atoms with Crippen LogP contribution in [0, 0.1) is 11.3 Å². The monoisotopic (exact) mass is 414 g/mol. The maximum absolute atomic E-state index is 9.96. The summed E-state index contributed by atoms with van der Waals surface area (Å²) in [6.07, 6.45) is 3.40. The fourth-order valence-corrected chi connectivity index (χ4v) is 4.58. The molecule has 6 nitrogen and oxygen atoms in total. The highest BCUT2D eigenvalue weighted by molar-refractivity contribution is 7.17. The molecule has 3 aromatic rings. The Morgan fingerprint density at radius 1 is 1.15 bits per heavy atom. The third kappa shape index (κ3) is 3.20. The van der Waals surface area contributed by atoms with Gasteiger partial charge in [-0.05, 0) is 29.8 Å². The molecule has 5 N–H and O–H groups in total. The number of nitriles is 1. The molecule has 0 saturated heterocycles. The summed E-state index contributed by atoms with van der Waals surface area (Å²) in [6, 6.07) is 11.1. The van der Waals surface area contributed by atoms with Crippen molar-refractivity contribution >= 4 is 46.1 Å². The van der Waals surface area contributed by atoms with Gasteiger partial charge in [-0.1, -0.05) is 29.3 Å². The van der Waals surface area contributed by atoms with E-state index in [4.69, 9.17) is 28.9 Å². The molecular formula is C18H12Cl2N6S. The molecule has 1 aromatic carbocycles. The summed E-state index contributed by atoms with van der Waals surface area (Å²) >= 11 is 14.0. The molecule has 1 aliphatic rings. The highest BCUT2D eigenvalue weighted by Crippen LogP contribution is 2.46. The summed E-state index contributed by atoms with van der Waals surface area (Å²) in [7, 11) is 0. The maximum atomic E-state index is 9.96. The van der Waals surface area contributed by atoms with Crippen molar-refractivity contribution in [2.75, 3.05) is 5.73 Å². The number of nitrogens with zero attached hydrogens (tertiary/aromatic N) is 2. The van der Waals surface area contributed by atoms with Gasteiger partial charge in [0.05, 0.1) is 21.0 Å². The molecule has 27 heavy (non-hydrogen) atoms. The van der Waals surface area contributed by atoms with Gasteiger partial charge >= 0.3 is 0 Å². The van der Waals surface area contributed by atoms with Gasteiger partial charge in [0, 0.05) is 33.6 Å². The molecule has 0 unspecified atom stereocenters. The van der Waals surface area contributed by atoms with Gasteiger partial charge < -0.3 is 16.6 Å². The number of nitrogens with two attached hydrogens (primary N) is 1. The van der Waals surface area contributed by atoms with E-state index in [1.54, 1.807) is 30.6 Å². The number of hydrazine groups is 2. The van der Waals surface area contributed by atoms with Gasteiger partial charge in [-0.2, -0.15) is 10.8 Å². The van der Waals surface area contributed by atoms with Gasteiger partial charge in [0.1, 0.15) is 11.9 Å². The van der Waals surface area contributed by atoms with Crippen LogP contribution in [0.3, 0.4) is 0 Å². The Morgan fingerprint density at radius 2 is 2.00 bits per heavy atom. The van der Waals surface area contributed by atoms with Crippen LogP contribution in [-0.2, 0) is 0 Å².